The van der Waals surface area contributed by atoms with Crippen LogP contribution in [0.3, 0.4) is 0 Å². The SMILES string of the molecule is CCC1CN(Cc2cc(C(CC(=O)O)c3ccc4c(nnn4C)c3C)ccc2F)S(O)(O)c2ccccc2O1. The Kier molecular flexibility index (Phi) is 7.34. The lowest BCUT2D eigenvalue weighted by Crippen LogP contribution is -2.34. The summed E-state index contributed by atoms with van der Waals surface area (Å²) in [6.07, 6.45) is 0.0795. The molecule has 1 aromatic heterocycles. The monoisotopic (exact) mass is 554 g/mol. The number of aryl methyl sites for hydroxylation is 2. The summed E-state index contributed by atoms with van der Waals surface area (Å²) in [4.78, 5) is 12.2. The van der Waals surface area contributed by atoms with E-state index in [0.717, 1.165) is 16.6 Å². The lowest BCUT2D eigenvalue weighted by molar-refractivity contribution is -0.137. The first-order valence-electron chi connectivity index (χ1n) is 12.7. The van der Waals surface area contributed by atoms with Crippen molar-refractivity contribution in [3.05, 3.63) is 82.7 Å². The van der Waals surface area contributed by atoms with Crippen molar-refractivity contribution in [2.24, 2.45) is 7.05 Å². The van der Waals surface area contributed by atoms with Gasteiger partial charge in [0.25, 0.3) is 0 Å². The summed E-state index contributed by atoms with van der Waals surface area (Å²) in [6, 6.07) is 15.0. The lowest BCUT2D eigenvalue weighted by Gasteiger charge is -2.41. The van der Waals surface area contributed by atoms with Crippen LogP contribution in [0, 0.1) is 12.7 Å². The van der Waals surface area contributed by atoms with Crippen LogP contribution in [0.4, 0.5) is 4.39 Å². The number of para-hydroxylation sites is 1. The van der Waals surface area contributed by atoms with Crippen LogP contribution < -0.4 is 4.74 Å². The van der Waals surface area contributed by atoms with Crippen LogP contribution in [0.5, 0.6) is 5.75 Å². The van der Waals surface area contributed by atoms with Crippen molar-refractivity contribution in [1.29, 1.82) is 0 Å². The molecule has 11 heteroatoms. The van der Waals surface area contributed by atoms with E-state index in [-0.39, 0.29) is 36.1 Å². The van der Waals surface area contributed by atoms with Crippen LogP contribution in [0.25, 0.3) is 11.0 Å². The van der Waals surface area contributed by atoms with Crippen molar-refractivity contribution in [3.8, 4) is 5.75 Å². The Bertz CT molecular complexity index is 1540. The fourth-order valence-corrected chi connectivity index (χ4v) is 6.78. The van der Waals surface area contributed by atoms with Gasteiger partial charge in [0.05, 0.1) is 18.5 Å². The molecule has 0 fully saturated rings. The number of aromatic nitrogens is 3. The molecule has 5 rings (SSSR count). The molecule has 0 bridgehead atoms. The van der Waals surface area contributed by atoms with E-state index in [4.69, 9.17) is 4.74 Å². The van der Waals surface area contributed by atoms with Crippen LogP contribution in [0.15, 0.2) is 59.5 Å². The summed E-state index contributed by atoms with van der Waals surface area (Å²) >= 11 is 0. The van der Waals surface area contributed by atoms with E-state index in [1.807, 2.05) is 26.0 Å². The van der Waals surface area contributed by atoms with Gasteiger partial charge in [-0.25, -0.2) is 9.07 Å². The van der Waals surface area contributed by atoms with Crippen LogP contribution in [-0.2, 0) is 18.4 Å². The van der Waals surface area contributed by atoms with Crippen LogP contribution in [0.2, 0.25) is 0 Å². The molecule has 2 unspecified atom stereocenters. The van der Waals surface area contributed by atoms with E-state index in [0.29, 0.717) is 23.3 Å². The van der Waals surface area contributed by atoms with Gasteiger partial charge in [-0.2, -0.15) is 4.31 Å². The van der Waals surface area contributed by atoms with Gasteiger partial charge in [0.2, 0.25) is 0 Å². The Morgan fingerprint density at radius 3 is 2.72 bits per heavy atom. The van der Waals surface area contributed by atoms with Gasteiger partial charge in [0.15, 0.2) is 0 Å². The van der Waals surface area contributed by atoms with Gasteiger partial charge in [0.1, 0.15) is 28.1 Å². The molecule has 0 aliphatic carbocycles. The molecule has 4 aromatic rings. The summed E-state index contributed by atoms with van der Waals surface area (Å²) in [6.45, 7) is 3.90. The van der Waals surface area contributed by atoms with Gasteiger partial charge >= 0.3 is 5.97 Å². The largest absolute Gasteiger partial charge is 0.487 e. The first kappa shape index (κ1) is 27.1. The molecule has 0 saturated carbocycles. The zero-order chi connectivity index (χ0) is 27.9. The quantitative estimate of drug-likeness (QED) is 0.265. The normalized spacial score (nSPS) is 18.7. The molecule has 39 heavy (non-hydrogen) atoms. The minimum Gasteiger partial charge on any atom is -0.487 e. The van der Waals surface area contributed by atoms with E-state index >= 15 is 4.39 Å². The van der Waals surface area contributed by atoms with Crippen molar-refractivity contribution in [2.45, 2.75) is 50.2 Å². The summed E-state index contributed by atoms with van der Waals surface area (Å²) in [7, 11) is -1.69. The molecule has 2 heterocycles. The predicted octanol–water partition coefficient (Wildman–Crippen LogP) is 5.72. The van der Waals surface area contributed by atoms with Crippen molar-refractivity contribution in [3.63, 3.8) is 0 Å². The maximum absolute atomic E-state index is 15.2. The molecular formula is C28H31FN4O5S. The summed E-state index contributed by atoms with van der Waals surface area (Å²) in [5, 5.41) is 18.1. The number of carbonyl (C=O) groups is 1. The maximum atomic E-state index is 15.2. The van der Waals surface area contributed by atoms with E-state index < -0.39 is 28.5 Å². The summed E-state index contributed by atoms with van der Waals surface area (Å²) in [5.74, 6) is -1.69. The first-order chi connectivity index (χ1) is 18.6. The molecule has 0 spiro atoms. The Morgan fingerprint density at radius 1 is 1.21 bits per heavy atom. The number of ether oxygens (including phenoxy) is 1. The second-order valence-electron chi connectivity index (χ2n) is 9.80. The number of fused-ring (bicyclic) bond motifs is 2. The fourth-order valence-electron chi connectivity index (χ4n) is 5.16. The number of rotatable bonds is 7. The number of aliphatic carboxylic acids is 1. The Labute approximate surface area is 227 Å². The van der Waals surface area contributed by atoms with E-state index in [9.17, 15) is 19.0 Å². The van der Waals surface area contributed by atoms with Crippen molar-refractivity contribution in [2.75, 3.05) is 6.54 Å². The molecule has 0 saturated heterocycles. The molecule has 3 N–H and O–H groups in total. The number of carboxylic acid groups (broad SMARTS) is 1. The highest BCUT2D eigenvalue weighted by atomic mass is 32.3. The smallest absolute Gasteiger partial charge is 0.304 e. The summed E-state index contributed by atoms with van der Waals surface area (Å²) in [5.41, 5.74) is 3.90. The van der Waals surface area contributed by atoms with Gasteiger partial charge < -0.3 is 9.84 Å². The van der Waals surface area contributed by atoms with Crippen molar-refractivity contribution in [1.82, 2.24) is 19.3 Å². The molecule has 0 radical (unpaired) electrons. The number of benzene rings is 3. The summed E-state index contributed by atoms with van der Waals surface area (Å²) < 4.78 is 47.0. The third-order valence-corrected chi connectivity index (χ3v) is 9.24. The van der Waals surface area contributed by atoms with Crippen molar-refractivity contribution >= 4 is 27.8 Å². The average molecular weight is 555 g/mol. The number of carboxylic acids is 1. The fraction of sp³-hybridized carbons (Fsp3) is 0.321. The van der Waals surface area contributed by atoms with Gasteiger partial charge in [-0.15, -0.1) is 15.9 Å². The third-order valence-electron chi connectivity index (χ3n) is 7.31. The van der Waals surface area contributed by atoms with Crippen molar-refractivity contribution < 1.29 is 28.1 Å². The molecule has 9 nitrogen and oxygen atoms in total. The van der Waals surface area contributed by atoms with Gasteiger partial charge in [-0.05, 0) is 54.3 Å². The van der Waals surface area contributed by atoms with Crippen LogP contribution in [0.1, 0.15) is 47.9 Å². The molecule has 2 atom stereocenters. The highest BCUT2D eigenvalue weighted by Gasteiger charge is 2.35. The predicted molar refractivity (Wildman–Crippen MR) is 146 cm³/mol. The zero-order valence-electron chi connectivity index (χ0n) is 21.9. The first-order valence-corrected chi connectivity index (χ1v) is 14.2. The molecule has 3 aromatic carbocycles. The molecule has 0 amide bonds. The third kappa shape index (κ3) is 5.10. The molecule has 206 valence electrons. The molecule has 1 aliphatic rings. The van der Waals surface area contributed by atoms with Crippen LogP contribution in [-0.4, -0.2) is 52.1 Å². The number of hydrogen-bond donors (Lipinski definition) is 3. The molecular weight excluding hydrogens is 523 g/mol. The topological polar surface area (TPSA) is 121 Å². The minimum atomic E-state index is -3.48. The number of nitrogens with zero attached hydrogens (tertiary/aromatic N) is 4. The highest BCUT2D eigenvalue weighted by molar-refractivity contribution is 8.22. The standard InChI is InChI=1S/C28H31FN4O5S/c1-4-20-16-33(39(36,37)26-8-6-5-7-25(26)38-20)15-19-13-18(9-11-23(19)29)22(14-27(34)35)21-10-12-24-28(17(21)2)30-31-32(24)3/h5-13,20,22,36-37H,4,14-16H2,1-3H3,(H,34,35). The van der Waals surface area contributed by atoms with E-state index in [2.05, 4.69) is 10.3 Å². The number of halogens is 1. The Morgan fingerprint density at radius 2 is 1.97 bits per heavy atom. The second-order valence-corrected chi connectivity index (χ2v) is 11.8. The van der Waals surface area contributed by atoms with Gasteiger partial charge in [-0.3, -0.25) is 13.9 Å². The van der Waals surface area contributed by atoms with Crippen LogP contribution >= 0.6 is 10.8 Å². The second kappa shape index (κ2) is 10.6. The van der Waals surface area contributed by atoms with Gasteiger partial charge in [-0.1, -0.05) is 42.5 Å². The Balaban J connectivity index is 1.55. The Hall–Kier alpha value is -3.51. The van der Waals surface area contributed by atoms with E-state index in [1.54, 1.807) is 48.1 Å². The average Bonchev–Trinajstić information content (AvgIpc) is 3.24. The van der Waals surface area contributed by atoms with E-state index in [1.165, 1.54) is 10.4 Å². The maximum Gasteiger partial charge on any atom is 0.304 e. The highest BCUT2D eigenvalue weighted by Crippen LogP contribution is 2.57. The zero-order valence-corrected chi connectivity index (χ0v) is 22.7. The minimum absolute atomic E-state index is 0.0990. The van der Waals surface area contributed by atoms with Gasteiger partial charge in [0, 0.05) is 25.1 Å². The molecule has 1 aliphatic heterocycles. The number of hydrogen-bond acceptors (Lipinski definition) is 7. The lowest BCUT2D eigenvalue weighted by atomic mass is 9.85.